The summed E-state index contributed by atoms with van der Waals surface area (Å²) in [7, 11) is 0. The standard InChI is InChI=1S/C10H15Cl2N3/c1-7(3-2-4-13)15-10-9(12)5-8(11)6-14-10/h5-7H,2-4,13H2,1H3,(H,14,15). The van der Waals surface area contributed by atoms with Gasteiger partial charge in [0, 0.05) is 12.2 Å². The first kappa shape index (κ1) is 12.6. The van der Waals surface area contributed by atoms with Crippen molar-refractivity contribution in [1.29, 1.82) is 0 Å². The number of rotatable bonds is 5. The summed E-state index contributed by atoms with van der Waals surface area (Å²) in [6, 6.07) is 1.98. The number of hydrogen-bond donors (Lipinski definition) is 2. The maximum atomic E-state index is 5.97. The molecule has 1 atom stereocenters. The summed E-state index contributed by atoms with van der Waals surface area (Å²) in [6.07, 6.45) is 3.56. The van der Waals surface area contributed by atoms with Gasteiger partial charge in [0.15, 0.2) is 0 Å². The number of nitrogens with two attached hydrogens (primary N) is 1. The molecule has 0 fully saturated rings. The van der Waals surface area contributed by atoms with Crippen molar-refractivity contribution in [2.45, 2.75) is 25.8 Å². The lowest BCUT2D eigenvalue weighted by Gasteiger charge is -2.14. The second kappa shape index (κ2) is 6.16. The fourth-order valence-corrected chi connectivity index (χ4v) is 1.69. The average Bonchev–Trinajstić information content (AvgIpc) is 2.19. The molecule has 15 heavy (non-hydrogen) atoms. The molecule has 0 amide bonds. The van der Waals surface area contributed by atoms with Crippen LogP contribution in [0.5, 0.6) is 0 Å². The Hall–Kier alpha value is -0.510. The van der Waals surface area contributed by atoms with E-state index in [1.54, 1.807) is 12.3 Å². The second-order valence-corrected chi connectivity index (χ2v) is 4.30. The van der Waals surface area contributed by atoms with Gasteiger partial charge in [0.2, 0.25) is 0 Å². The van der Waals surface area contributed by atoms with Crippen LogP contribution in [0.3, 0.4) is 0 Å². The van der Waals surface area contributed by atoms with Crippen LogP contribution >= 0.6 is 23.2 Å². The Kier molecular flexibility index (Phi) is 5.15. The van der Waals surface area contributed by atoms with Crippen LogP contribution in [0.15, 0.2) is 12.3 Å². The van der Waals surface area contributed by atoms with E-state index in [0.29, 0.717) is 28.4 Å². The lowest BCUT2D eigenvalue weighted by Crippen LogP contribution is -2.17. The molecule has 5 heteroatoms. The fraction of sp³-hybridized carbons (Fsp3) is 0.500. The monoisotopic (exact) mass is 247 g/mol. The van der Waals surface area contributed by atoms with Crippen molar-refractivity contribution in [3.05, 3.63) is 22.3 Å². The molecule has 3 nitrogen and oxygen atoms in total. The van der Waals surface area contributed by atoms with Crippen LogP contribution in [0.2, 0.25) is 10.0 Å². The lowest BCUT2D eigenvalue weighted by atomic mass is 10.2. The Morgan fingerprint density at radius 1 is 1.53 bits per heavy atom. The highest BCUT2D eigenvalue weighted by molar-refractivity contribution is 6.35. The molecule has 3 N–H and O–H groups in total. The third-order valence-corrected chi connectivity index (χ3v) is 2.53. The molecular weight excluding hydrogens is 233 g/mol. The highest BCUT2D eigenvalue weighted by atomic mass is 35.5. The quantitative estimate of drug-likeness (QED) is 0.842. The van der Waals surface area contributed by atoms with Gasteiger partial charge in [-0.1, -0.05) is 23.2 Å². The molecule has 84 valence electrons. The van der Waals surface area contributed by atoms with E-state index < -0.39 is 0 Å². The number of nitrogens with zero attached hydrogens (tertiary/aromatic N) is 1. The molecule has 1 unspecified atom stereocenters. The number of anilines is 1. The van der Waals surface area contributed by atoms with Crippen LogP contribution in [0.1, 0.15) is 19.8 Å². The van der Waals surface area contributed by atoms with E-state index in [4.69, 9.17) is 28.9 Å². The lowest BCUT2D eigenvalue weighted by molar-refractivity contribution is 0.661. The maximum Gasteiger partial charge on any atom is 0.145 e. The minimum Gasteiger partial charge on any atom is -0.366 e. The zero-order valence-corrected chi connectivity index (χ0v) is 10.1. The Morgan fingerprint density at radius 3 is 2.87 bits per heavy atom. The van der Waals surface area contributed by atoms with Gasteiger partial charge in [0.05, 0.1) is 10.0 Å². The van der Waals surface area contributed by atoms with Crippen molar-refractivity contribution in [2.75, 3.05) is 11.9 Å². The van der Waals surface area contributed by atoms with E-state index >= 15 is 0 Å². The molecule has 0 bridgehead atoms. The smallest absolute Gasteiger partial charge is 0.145 e. The van der Waals surface area contributed by atoms with Crippen LogP contribution < -0.4 is 11.1 Å². The molecule has 0 saturated heterocycles. The van der Waals surface area contributed by atoms with E-state index in [1.807, 2.05) is 0 Å². The Labute approximate surface area is 100.0 Å². The molecule has 0 aliphatic rings. The van der Waals surface area contributed by atoms with Gasteiger partial charge < -0.3 is 11.1 Å². The number of pyridine rings is 1. The molecule has 0 aliphatic carbocycles. The van der Waals surface area contributed by atoms with Gasteiger partial charge in [-0.25, -0.2) is 4.98 Å². The van der Waals surface area contributed by atoms with Crippen LogP contribution in [-0.2, 0) is 0 Å². The molecule has 0 saturated carbocycles. The third-order valence-electron chi connectivity index (χ3n) is 2.03. The van der Waals surface area contributed by atoms with Crippen LogP contribution in [0, 0.1) is 0 Å². The van der Waals surface area contributed by atoms with Crippen molar-refractivity contribution in [3.63, 3.8) is 0 Å². The first-order valence-electron chi connectivity index (χ1n) is 4.91. The van der Waals surface area contributed by atoms with E-state index in [1.165, 1.54) is 0 Å². The van der Waals surface area contributed by atoms with Crippen LogP contribution in [-0.4, -0.2) is 17.6 Å². The van der Waals surface area contributed by atoms with Crippen LogP contribution in [0.25, 0.3) is 0 Å². The van der Waals surface area contributed by atoms with E-state index in [0.717, 1.165) is 12.8 Å². The summed E-state index contributed by atoms with van der Waals surface area (Å²) in [4.78, 5) is 4.12. The SMILES string of the molecule is CC(CCCN)Nc1ncc(Cl)cc1Cl. The summed E-state index contributed by atoms with van der Waals surface area (Å²) in [6.45, 7) is 2.77. The van der Waals surface area contributed by atoms with Crippen molar-refractivity contribution in [2.24, 2.45) is 5.73 Å². The predicted octanol–water partition coefficient (Wildman–Crippen LogP) is 2.93. The highest BCUT2D eigenvalue weighted by Crippen LogP contribution is 2.23. The number of aromatic nitrogens is 1. The van der Waals surface area contributed by atoms with Gasteiger partial charge in [-0.05, 0) is 32.4 Å². The highest BCUT2D eigenvalue weighted by Gasteiger charge is 2.06. The normalized spacial score (nSPS) is 12.5. The summed E-state index contributed by atoms with van der Waals surface area (Å²) in [5, 5.41) is 4.30. The van der Waals surface area contributed by atoms with E-state index in [-0.39, 0.29) is 0 Å². The summed E-state index contributed by atoms with van der Waals surface area (Å²) in [5.41, 5.74) is 5.43. The average molecular weight is 248 g/mol. The molecule has 1 aromatic heterocycles. The molecule has 0 aromatic carbocycles. The van der Waals surface area contributed by atoms with E-state index in [9.17, 15) is 0 Å². The van der Waals surface area contributed by atoms with Gasteiger partial charge in [-0.15, -0.1) is 0 Å². The zero-order chi connectivity index (χ0) is 11.3. The Balaban J connectivity index is 2.56. The topological polar surface area (TPSA) is 50.9 Å². The fourth-order valence-electron chi connectivity index (χ4n) is 1.25. The Morgan fingerprint density at radius 2 is 2.27 bits per heavy atom. The minimum absolute atomic E-state index is 0.305. The minimum atomic E-state index is 0.305. The Bertz CT molecular complexity index is 318. The van der Waals surface area contributed by atoms with Gasteiger partial charge >= 0.3 is 0 Å². The molecule has 1 heterocycles. The van der Waals surface area contributed by atoms with Crippen molar-refractivity contribution in [3.8, 4) is 0 Å². The van der Waals surface area contributed by atoms with Gasteiger partial charge in [0.1, 0.15) is 5.82 Å². The van der Waals surface area contributed by atoms with Crippen LogP contribution in [0.4, 0.5) is 5.82 Å². The van der Waals surface area contributed by atoms with Crippen molar-refractivity contribution < 1.29 is 0 Å². The third kappa shape index (κ3) is 4.24. The first-order valence-corrected chi connectivity index (χ1v) is 5.66. The molecule has 1 aromatic rings. The largest absolute Gasteiger partial charge is 0.366 e. The molecule has 0 spiro atoms. The van der Waals surface area contributed by atoms with Gasteiger partial charge in [0.25, 0.3) is 0 Å². The first-order chi connectivity index (χ1) is 7.13. The van der Waals surface area contributed by atoms with Gasteiger partial charge in [-0.3, -0.25) is 0 Å². The van der Waals surface area contributed by atoms with Gasteiger partial charge in [-0.2, -0.15) is 0 Å². The van der Waals surface area contributed by atoms with Crippen molar-refractivity contribution in [1.82, 2.24) is 4.98 Å². The number of hydrogen-bond acceptors (Lipinski definition) is 3. The molecular formula is C10H15Cl2N3. The molecule has 1 rings (SSSR count). The zero-order valence-electron chi connectivity index (χ0n) is 8.63. The summed E-state index contributed by atoms with van der Waals surface area (Å²) in [5.74, 6) is 0.672. The second-order valence-electron chi connectivity index (χ2n) is 3.46. The van der Waals surface area contributed by atoms with Crippen molar-refractivity contribution >= 4 is 29.0 Å². The number of nitrogens with one attached hydrogen (secondary N) is 1. The number of halogens is 2. The molecule has 0 aliphatic heterocycles. The maximum absolute atomic E-state index is 5.97. The van der Waals surface area contributed by atoms with E-state index in [2.05, 4.69) is 17.2 Å². The molecule has 0 radical (unpaired) electrons. The predicted molar refractivity (Wildman–Crippen MR) is 65.6 cm³/mol. The summed E-state index contributed by atoms with van der Waals surface area (Å²) >= 11 is 11.7. The summed E-state index contributed by atoms with van der Waals surface area (Å²) < 4.78 is 0.